The second-order valence-corrected chi connectivity index (χ2v) is 6.04. The standard InChI is InChI=1S/C17H11Cl2FN2O3/c1-8(17(23)24)25-14-3-2-11-10(4-5-21-16(11)22-14)15-12(18)6-9(20)7-13(15)19/h2-8H,1H3,(H,23,24)/t8-/m1/s1. The highest BCUT2D eigenvalue weighted by molar-refractivity contribution is 6.39. The van der Waals surface area contributed by atoms with Gasteiger partial charge in [-0.25, -0.2) is 14.2 Å². The molecular formula is C17H11Cl2FN2O3. The summed E-state index contributed by atoms with van der Waals surface area (Å²) in [4.78, 5) is 19.2. The lowest BCUT2D eigenvalue weighted by molar-refractivity contribution is -0.144. The molecule has 0 aliphatic heterocycles. The van der Waals surface area contributed by atoms with E-state index >= 15 is 0 Å². The Labute approximate surface area is 152 Å². The van der Waals surface area contributed by atoms with Crippen LogP contribution < -0.4 is 4.74 Å². The third-order valence-electron chi connectivity index (χ3n) is 3.50. The van der Waals surface area contributed by atoms with E-state index in [2.05, 4.69) is 9.97 Å². The fraction of sp³-hybridized carbons (Fsp3) is 0.118. The van der Waals surface area contributed by atoms with E-state index in [4.69, 9.17) is 33.0 Å². The van der Waals surface area contributed by atoms with Crippen molar-refractivity contribution in [1.82, 2.24) is 9.97 Å². The lowest BCUT2D eigenvalue weighted by Gasteiger charge is -2.12. The van der Waals surface area contributed by atoms with Crippen LogP contribution in [0.4, 0.5) is 4.39 Å². The van der Waals surface area contributed by atoms with E-state index in [0.29, 0.717) is 22.2 Å². The Morgan fingerprint density at radius 1 is 1.24 bits per heavy atom. The molecule has 0 amide bonds. The molecule has 25 heavy (non-hydrogen) atoms. The lowest BCUT2D eigenvalue weighted by atomic mass is 10.0. The van der Waals surface area contributed by atoms with Crippen molar-refractivity contribution in [1.29, 1.82) is 0 Å². The fourth-order valence-corrected chi connectivity index (χ4v) is 2.99. The molecule has 2 heterocycles. The number of aromatic nitrogens is 2. The predicted molar refractivity (Wildman–Crippen MR) is 92.7 cm³/mol. The molecule has 0 unspecified atom stereocenters. The minimum absolute atomic E-state index is 0.128. The van der Waals surface area contributed by atoms with Gasteiger partial charge in [-0.3, -0.25) is 0 Å². The summed E-state index contributed by atoms with van der Waals surface area (Å²) < 4.78 is 18.7. The number of carboxylic acid groups (broad SMARTS) is 1. The quantitative estimate of drug-likeness (QED) is 0.716. The Bertz CT molecular complexity index is 958. The summed E-state index contributed by atoms with van der Waals surface area (Å²) in [7, 11) is 0. The Morgan fingerprint density at radius 2 is 1.92 bits per heavy atom. The fourth-order valence-electron chi connectivity index (χ4n) is 2.33. The van der Waals surface area contributed by atoms with Crippen LogP contribution in [0.3, 0.4) is 0 Å². The third-order valence-corrected chi connectivity index (χ3v) is 4.10. The lowest BCUT2D eigenvalue weighted by Crippen LogP contribution is -2.23. The van der Waals surface area contributed by atoms with E-state index in [-0.39, 0.29) is 15.9 Å². The highest BCUT2D eigenvalue weighted by Gasteiger charge is 2.17. The normalized spacial score (nSPS) is 12.2. The van der Waals surface area contributed by atoms with Gasteiger partial charge in [-0.15, -0.1) is 0 Å². The summed E-state index contributed by atoms with van der Waals surface area (Å²) in [6, 6.07) is 7.24. The first-order valence-corrected chi connectivity index (χ1v) is 7.92. The van der Waals surface area contributed by atoms with E-state index in [1.165, 1.54) is 31.3 Å². The van der Waals surface area contributed by atoms with Gasteiger partial charge in [0, 0.05) is 23.2 Å². The van der Waals surface area contributed by atoms with Crippen molar-refractivity contribution < 1.29 is 19.0 Å². The van der Waals surface area contributed by atoms with Crippen LogP contribution in [-0.2, 0) is 4.79 Å². The number of hydrogen-bond acceptors (Lipinski definition) is 4. The molecule has 0 bridgehead atoms. The maximum atomic E-state index is 13.4. The van der Waals surface area contributed by atoms with Crippen molar-refractivity contribution in [2.75, 3.05) is 0 Å². The zero-order chi connectivity index (χ0) is 18.1. The largest absolute Gasteiger partial charge is 0.479 e. The molecule has 0 saturated carbocycles. The molecular weight excluding hydrogens is 370 g/mol. The maximum absolute atomic E-state index is 13.4. The molecule has 3 rings (SSSR count). The number of pyridine rings is 2. The summed E-state index contributed by atoms with van der Waals surface area (Å²) in [5, 5.41) is 9.85. The first kappa shape index (κ1) is 17.4. The predicted octanol–water partition coefficient (Wildman–Crippen LogP) is 4.59. The Morgan fingerprint density at radius 3 is 2.56 bits per heavy atom. The van der Waals surface area contributed by atoms with Crippen LogP contribution in [0.1, 0.15) is 6.92 Å². The average Bonchev–Trinajstić information content (AvgIpc) is 2.53. The van der Waals surface area contributed by atoms with Gasteiger partial charge in [-0.1, -0.05) is 23.2 Å². The number of rotatable bonds is 4. The summed E-state index contributed by atoms with van der Waals surface area (Å²) in [5.41, 5.74) is 1.42. The van der Waals surface area contributed by atoms with Crippen molar-refractivity contribution in [3.05, 3.63) is 52.4 Å². The Hall–Kier alpha value is -2.44. The number of nitrogens with zero attached hydrogens (tertiary/aromatic N) is 2. The van der Waals surface area contributed by atoms with E-state index in [0.717, 1.165) is 0 Å². The molecule has 1 N–H and O–H groups in total. The van der Waals surface area contributed by atoms with Gasteiger partial charge >= 0.3 is 5.97 Å². The highest BCUT2D eigenvalue weighted by Crippen LogP contribution is 2.38. The van der Waals surface area contributed by atoms with Crippen LogP contribution in [0.15, 0.2) is 36.5 Å². The number of carboxylic acids is 1. The van der Waals surface area contributed by atoms with E-state index in [1.54, 1.807) is 12.1 Å². The molecule has 0 fully saturated rings. The molecule has 0 aliphatic carbocycles. The zero-order valence-corrected chi connectivity index (χ0v) is 14.3. The molecule has 8 heteroatoms. The van der Waals surface area contributed by atoms with E-state index < -0.39 is 17.9 Å². The molecule has 0 radical (unpaired) electrons. The van der Waals surface area contributed by atoms with Crippen LogP contribution in [0.25, 0.3) is 22.2 Å². The molecule has 0 saturated heterocycles. The van der Waals surface area contributed by atoms with Gasteiger partial charge in [0.1, 0.15) is 5.82 Å². The van der Waals surface area contributed by atoms with Gasteiger partial charge in [-0.2, -0.15) is 4.98 Å². The smallest absolute Gasteiger partial charge is 0.344 e. The molecule has 0 aliphatic rings. The number of fused-ring (bicyclic) bond motifs is 1. The van der Waals surface area contributed by atoms with Crippen molar-refractivity contribution in [3.63, 3.8) is 0 Å². The third kappa shape index (κ3) is 3.50. The van der Waals surface area contributed by atoms with Gasteiger partial charge < -0.3 is 9.84 Å². The first-order valence-electron chi connectivity index (χ1n) is 7.17. The van der Waals surface area contributed by atoms with Gasteiger partial charge in [0.05, 0.1) is 10.0 Å². The van der Waals surface area contributed by atoms with E-state index in [1.807, 2.05) is 0 Å². The summed E-state index contributed by atoms with van der Waals surface area (Å²) >= 11 is 12.3. The molecule has 1 atom stereocenters. The second kappa shape index (κ2) is 6.82. The van der Waals surface area contributed by atoms with Crippen molar-refractivity contribution >= 4 is 40.2 Å². The number of halogens is 3. The number of carbonyl (C=O) groups is 1. The molecule has 128 valence electrons. The van der Waals surface area contributed by atoms with Crippen molar-refractivity contribution in [3.8, 4) is 17.0 Å². The average molecular weight is 381 g/mol. The molecule has 5 nitrogen and oxygen atoms in total. The first-order chi connectivity index (χ1) is 11.9. The van der Waals surface area contributed by atoms with Crippen LogP contribution >= 0.6 is 23.2 Å². The van der Waals surface area contributed by atoms with Gasteiger partial charge in [-0.05, 0) is 36.8 Å². The molecule has 2 aromatic heterocycles. The van der Waals surface area contributed by atoms with Crippen LogP contribution in [0, 0.1) is 5.82 Å². The summed E-state index contributed by atoms with van der Waals surface area (Å²) in [6.45, 7) is 1.40. The molecule has 0 spiro atoms. The second-order valence-electron chi connectivity index (χ2n) is 5.22. The summed E-state index contributed by atoms with van der Waals surface area (Å²) in [6.07, 6.45) is 0.458. The van der Waals surface area contributed by atoms with Crippen molar-refractivity contribution in [2.24, 2.45) is 0 Å². The van der Waals surface area contributed by atoms with Crippen LogP contribution in [-0.4, -0.2) is 27.1 Å². The highest BCUT2D eigenvalue weighted by atomic mass is 35.5. The number of hydrogen-bond donors (Lipinski definition) is 1. The van der Waals surface area contributed by atoms with Crippen LogP contribution in [0.2, 0.25) is 10.0 Å². The van der Waals surface area contributed by atoms with Crippen LogP contribution in [0.5, 0.6) is 5.88 Å². The maximum Gasteiger partial charge on any atom is 0.344 e. The topological polar surface area (TPSA) is 72.3 Å². The van der Waals surface area contributed by atoms with E-state index in [9.17, 15) is 9.18 Å². The number of benzene rings is 1. The molecule has 3 aromatic rings. The minimum Gasteiger partial charge on any atom is -0.479 e. The Balaban J connectivity index is 2.11. The monoisotopic (exact) mass is 380 g/mol. The molecule has 1 aromatic carbocycles. The zero-order valence-electron chi connectivity index (χ0n) is 12.8. The Kier molecular flexibility index (Phi) is 4.74. The summed E-state index contributed by atoms with van der Waals surface area (Å²) in [5.74, 6) is -1.51. The van der Waals surface area contributed by atoms with Crippen molar-refractivity contribution in [2.45, 2.75) is 13.0 Å². The van der Waals surface area contributed by atoms with Gasteiger partial charge in [0.15, 0.2) is 11.8 Å². The number of ether oxygens (including phenoxy) is 1. The van der Waals surface area contributed by atoms with Gasteiger partial charge in [0.25, 0.3) is 0 Å². The minimum atomic E-state index is -1.10. The SMILES string of the molecule is C[C@@H](Oc1ccc2c(-c3c(Cl)cc(F)cc3Cl)ccnc2n1)C(=O)O. The van der Waals surface area contributed by atoms with Gasteiger partial charge in [0.2, 0.25) is 5.88 Å². The number of aliphatic carboxylic acids is 1.